The molecule has 0 unspecified atom stereocenters. The molecule has 4 rings (SSSR count). The molecule has 0 atom stereocenters. The molecule has 4 aromatic rings. The highest BCUT2D eigenvalue weighted by Gasteiger charge is 2.15. The molecule has 1 heterocycles. The zero-order chi connectivity index (χ0) is 18.8. The molecule has 1 aromatic heterocycles. The smallest absolute Gasteiger partial charge is 0.256 e. The Morgan fingerprint density at radius 1 is 0.926 bits per heavy atom. The van der Waals surface area contributed by atoms with Gasteiger partial charge in [-0.2, -0.15) is 0 Å². The Kier molecular flexibility index (Phi) is 4.38. The number of amides is 1. The van der Waals surface area contributed by atoms with Crippen LogP contribution in [0.4, 0.5) is 10.1 Å². The molecule has 0 bridgehead atoms. The Morgan fingerprint density at radius 3 is 2.48 bits per heavy atom. The lowest BCUT2D eigenvalue weighted by molar-refractivity contribution is 0.102. The van der Waals surface area contributed by atoms with E-state index in [2.05, 4.69) is 10.3 Å². The average molecular weight is 356 g/mol. The molecule has 4 heteroatoms. The summed E-state index contributed by atoms with van der Waals surface area (Å²) in [4.78, 5) is 17.7. The number of para-hydroxylation sites is 1. The second-order valence-corrected chi connectivity index (χ2v) is 6.35. The second-order valence-electron chi connectivity index (χ2n) is 6.35. The molecule has 132 valence electrons. The van der Waals surface area contributed by atoms with E-state index in [-0.39, 0.29) is 11.7 Å². The molecule has 0 aliphatic heterocycles. The van der Waals surface area contributed by atoms with E-state index in [1.165, 1.54) is 12.1 Å². The number of fused-ring (bicyclic) bond motifs is 1. The number of aromatic nitrogens is 1. The molecular weight excluding hydrogens is 339 g/mol. The Morgan fingerprint density at radius 2 is 1.67 bits per heavy atom. The topological polar surface area (TPSA) is 42.0 Å². The van der Waals surface area contributed by atoms with Crippen LogP contribution in [-0.2, 0) is 0 Å². The molecular formula is C23H17FN2O. The molecule has 3 aromatic carbocycles. The van der Waals surface area contributed by atoms with Crippen molar-refractivity contribution < 1.29 is 9.18 Å². The summed E-state index contributed by atoms with van der Waals surface area (Å²) in [5, 5.41) is 3.58. The molecule has 0 saturated heterocycles. The number of anilines is 1. The van der Waals surface area contributed by atoms with Crippen molar-refractivity contribution in [3.8, 4) is 11.3 Å². The summed E-state index contributed by atoms with van der Waals surface area (Å²) in [7, 11) is 0. The summed E-state index contributed by atoms with van der Waals surface area (Å²) in [6.45, 7) is 1.83. The largest absolute Gasteiger partial charge is 0.322 e. The minimum atomic E-state index is -0.388. The quantitative estimate of drug-likeness (QED) is 0.519. The minimum Gasteiger partial charge on any atom is -0.322 e. The third-order valence-electron chi connectivity index (χ3n) is 4.48. The van der Waals surface area contributed by atoms with Crippen LogP contribution in [0.25, 0.3) is 22.2 Å². The Balaban J connectivity index is 1.82. The zero-order valence-corrected chi connectivity index (χ0v) is 14.7. The summed E-state index contributed by atoms with van der Waals surface area (Å²) in [6.07, 6.45) is 0. The van der Waals surface area contributed by atoms with E-state index < -0.39 is 0 Å². The molecule has 0 radical (unpaired) electrons. The van der Waals surface area contributed by atoms with Crippen LogP contribution in [0.3, 0.4) is 0 Å². The standard InChI is InChI=1S/C23H17FN2O/c1-15-11-12-17(24)13-21(15)26-23(27)19-14-22(16-7-3-2-4-8-16)25-20-10-6-5-9-18(19)20/h2-14H,1H3,(H,26,27). The number of rotatable bonds is 3. The van der Waals surface area contributed by atoms with E-state index >= 15 is 0 Å². The van der Waals surface area contributed by atoms with Crippen LogP contribution in [0, 0.1) is 12.7 Å². The number of pyridine rings is 1. The first-order valence-corrected chi connectivity index (χ1v) is 8.64. The number of nitrogens with zero attached hydrogens (tertiary/aromatic N) is 1. The highest BCUT2D eigenvalue weighted by molar-refractivity contribution is 6.13. The molecule has 3 nitrogen and oxygen atoms in total. The molecule has 27 heavy (non-hydrogen) atoms. The van der Waals surface area contributed by atoms with Gasteiger partial charge in [-0.1, -0.05) is 54.6 Å². The van der Waals surface area contributed by atoms with Crippen molar-refractivity contribution in [2.45, 2.75) is 6.92 Å². The zero-order valence-electron chi connectivity index (χ0n) is 14.7. The predicted molar refractivity (Wildman–Crippen MR) is 106 cm³/mol. The lowest BCUT2D eigenvalue weighted by Crippen LogP contribution is -2.14. The lowest BCUT2D eigenvalue weighted by Gasteiger charge is -2.12. The SMILES string of the molecule is Cc1ccc(F)cc1NC(=O)c1cc(-c2ccccc2)nc2ccccc12. The van der Waals surface area contributed by atoms with Gasteiger partial charge in [0.15, 0.2) is 0 Å². The van der Waals surface area contributed by atoms with Crippen molar-refractivity contribution in [3.63, 3.8) is 0 Å². The lowest BCUT2D eigenvalue weighted by atomic mass is 10.0. The van der Waals surface area contributed by atoms with E-state index in [9.17, 15) is 9.18 Å². The van der Waals surface area contributed by atoms with Crippen LogP contribution in [0.2, 0.25) is 0 Å². The molecule has 0 fully saturated rings. The van der Waals surface area contributed by atoms with E-state index in [4.69, 9.17) is 0 Å². The number of nitrogens with one attached hydrogen (secondary N) is 1. The van der Waals surface area contributed by atoms with Gasteiger partial charge in [0.2, 0.25) is 0 Å². The van der Waals surface area contributed by atoms with Crippen LogP contribution < -0.4 is 5.32 Å². The molecule has 1 N–H and O–H groups in total. The first-order valence-electron chi connectivity index (χ1n) is 8.64. The van der Waals surface area contributed by atoms with Gasteiger partial charge in [-0.15, -0.1) is 0 Å². The molecule has 0 spiro atoms. The van der Waals surface area contributed by atoms with E-state index in [0.29, 0.717) is 11.3 Å². The van der Waals surface area contributed by atoms with Gasteiger partial charge in [0.1, 0.15) is 5.82 Å². The van der Waals surface area contributed by atoms with Gasteiger partial charge in [-0.3, -0.25) is 4.79 Å². The van der Waals surface area contributed by atoms with Crippen molar-refractivity contribution in [2.75, 3.05) is 5.32 Å². The number of hydrogen-bond acceptors (Lipinski definition) is 2. The molecule has 1 amide bonds. The first-order chi connectivity index (χ1) is 13.1. The van der Waals surface area contributed by atoms with Gasteiger partial charge in [0.25, 0.3) is 5.91 Å². The van der Waals surface area contributed by atoms with Gasteiger partial charge in [-0.05, 0) is 36.8 Å². The maximum Gasteiger partial charge on any atom is 0.256 e. The van der Waals surface area contributed by atoms with Crippen LogP contribution in [0.15, 0.2) is 78.9 Å². The Labute approximate surface area is 156 Å². The summed E-state index contributed by atoms with van der Waals surface area (Å²) in [5.74, 6) is -0.681. The third kappa shape index (κ3) is 3.42. The van der Waals surface area contributed by atoms with Crippen LogP contribution in [0.5, 0.6) is 0 Å². The Bertz CT molecular complexity index is 1140. The molecule has 0 aliphatic carbocycles. The maximum absolute atomic E-state index is 13.6. The van der Waals surface area contributed by atoms with Gasteiger partial charge >= 0.3 is 0 Å². The van der Waals surface area contributed by atoms with Crippen molar-refractivity contribution in [1.29, 1.82) is 0 Å². The van der Waals surface area contributed by atoms with Gasteiger partial charge in [-0.25, -0.2) is 9.37 Å². The number of benzene rings is 3. The van der Waals surface area contributed by atoms with E-state index in [0.717, 1.165) is 27.7 Å². The summed E-state index contributed by atoms with van der Waals surface area (Å²) < 4.78 is 13.6. The van der Waals surface area contributed by atoms with E-state index in [1.54, 1.807) is 12.1 Å². The summed E-state index contributed by atoms with van der Waals surface area (Å²) >= 11 is 0. The number of carbonyl (C=O) groups is 1. The number of aryl methyl sites for hydroxylation is 1. The average Bonchev–Trinajstić information content (AvgIpc) is 2.70. The van der Waals surface area contributed by atoms with Crippen LogP contribution in [-0.4, -0.2) is 10.9 Å². The maximum atomic E-state index is 13.6. The summed E-state index contributed by atoms with van der Waals surface area (Å²) in [6, 6.07) is 23.3. The van der Waals surface area contributed by atoms with E-state index in [1.807, 2.05) is 61.5 Å². The fraction of sp³-hybridized carbons (Fsp3) is 0.0435. The van der Waals surface area contributed by atoms with Gasteiger partial charge in [0.05, 0.1) is 16.8 Å². The van der Waals surface area contributed by atoms with Crippen molar-refractivity contribution in [1.82, 2.24) is 4.98 Å². The predicted octanol–water partition coefficient (Wildman–Crippen LogP) is 5.60. The number of halogens is 1. The highest BCUT2D eigenvalue weighted by atomic mass is 19.1. The van der Waals surface area contributed by atoms with Gasteiger partial charge < -0.3 is 5.32 Å². The van der Waals surface area contributed by atoms with Crippen molar-refractivity contribution in [2.24, 2.45) is 0 Å². The number of carbonyl (C=O) groups excluding carboxylic acids is 1. The fourth-order valence-corrected chi connectivity index (χ4v) is 3.04. The number of hydrogen-bond donors (Lipinski definition) is 1. The normalized spacial score (nSPS) is 10.7. The highest BCUT2D eigenvalue weighted by Crippen LogP contribution is 2.26. The first kappa shape index (κ1) is 16.9. The molecule has 0 aliphatic rings. The fourth-order valence-electron chi connectivity index (χ4n) is 3.04. The molecule has 0 saturated carbocycles. The van der Waals surface area contributed by atoms with Crippen LogP contribution >= 0.6 is 0 Å². The Hall–Kier alpha value is -3.53. The summed E-state index contributed by atoms with van der Waals surface area (Å²) in [5.41, 5.74) is 4.14. The third-order valence-corrected chi connectivity index (χ3v) is 4.48. The monoisotopic (exact) mass is 356 g/mol. The van der Waals surface area contributed by atoms with Crippen LogP contribution in [0.1, 0.15) is 15.9 Å². The van der Waals surface area contributed by atoms with Gasteiger partial charge in [0, 0.05) is 16.6 Å². The second kappa shape index (κ2) is 7.00. The van der Waals surface area contributed by atoms with Crippen molar-refractivity contribution in [3.05, 3.63) is 95.8 Å². The minimum absolute atomic E-state index is 0.292. The van der Waals surface area contributed by atoms with Crippen molar-refractivity contribution >= 4 is 22.5 Å².